The molecular weight excluding hydrogens is 288 g/mol. The summed E-state index contributed by atoms with van der Waals surface area (Å²) in [5.74, 6) is 0. The maximum Gasteiger partial charge on any atom is 0.148 e. The standard InChI is InChI=1S/C17H10N6/c1-23(2)15-5-3-12(4-6-15)17(14(9-20)10-21)16(11-22)13(7-18)8-19/h3-6H,1-2H3. The minimum Gasteiger partial charge on any atom is -0.378 e. The maximum absolute atomic E-state index is 9.30. The zero-order valence-corrected chi connectivity index (χ0v) is 12.5. The lowest BCUT2D eigenvalue weighted by atomic mass is 9.91. The van der Waals surface area contributed by atoms with E-state index in [1.54, 1.807) is 54.6 Å². The Balaban J connectivity index is 3.77. The topological polar surface area (TPSA) is 122 Å². The number of hydrogen-bond donors (Lipinski definition) is 0. The SMILES string of the molecule is CN(C)c1ccc(C(=C(C#N)C#N)C(C#N)=C(C#N)C#N)cc1. The molecule has 0 atom stereocenters. The lowest BCUT2D eigenvalue weighted by Crippen LogP contribution is -2.08. The van der Waals surface area contributed by atoms with Crippen molar-refractivity contribution < 1.29 is 0 Å². The summed E-state index contributed by atoms with van der Waals surface area (Å²) >= 11 is 0. The Morgan fingerprint density at radius 2 is 1.22 bits per heavy atom. The van der Waals surface area contributed by atoms with Gasteiger partial charge in [0.2, 0.25) is 0 Å². The third-order valence-corrected chi connectivity index (χ3v) is 2.98. The summed E-state index contributed by atoms with van der Waals surface area (Å²) in [4.78, 5) is 1.86. The number of benzene rings is 1. The number of anilines is 1. The van der Waals surface area contributed by atoms with Gasteiger partial charge in [0.15, 0.2) is 0 Å². The van der Waals surface area contributed by atoms with Crippen LogP contribution in [0.25, 0.3) is 5.57 Å². The number of hydrogen-bond acceptors (Lipinski definition) is 6. The summed E-state index contributed by atoms with van der Waals surface area (Å²) < 4.78 is 0. The van der Waals surface area contributed by atoms with Crippen molar-refractivity contribution in [3.63, 3.8) is 0 Å². The van der Waals surface area contributed by atoms with Crippen molar-refractivity contribution in [1.29, 1.82) is 26.3 Å². The third kappa shape index (κ3) is 3.53. The lowest BCUT2D eigenvalue weighted by Gasteiger charge is -2.13. The summed E-state index contributed by atoms with van der Waals surface area (Å²) in [7, 11) is 3.71. The van der Waals surface area contributed by atoms with Gasteiger partial charge in [-0.2, -0.15) is 26.3 Å². The van der Waals surface area contributed by atoms with Gasteiger partial charge in [0.1, 0.15) is 41.5 Å². The smallest absolute Gasteiger partial charge is 0.148 e. The molecule has 0 bridgehead atoms. The third-order valence-electron chi connectivity index (χ3n) is 2.98. The summed E-state index contributed by atoms with van der Waals surface area (Å²) in [6.07, 6.45) is 0. The highest BCUT2D eigenvalue weighted by Gasteiger charge is 2.19. The molecule has 0 aliphatic carbocycles. The molecule has 0 aliphatic heterocycles. The molecule has 1 rings (SSSR count). The van der Waals surface area contributed by atoms with Crippen molar-refractivity contribution in [1.82, 2.24) is 0 Å². The molecule has 0 unspecified atom stereocenters. The van der Waals surface area contributed by atoms with Crippen molar-refractivity contribution in [2.45, 2.75) is 0 Å². The number of nitrogens with zero attached hydrogens (tertiary/aromatic N) is 6. The van der Waals surface area contributed by atoms with Gasteiger partial charge in [0.25, 0.3) is 0 Å². The van der Waals surface area contributed by atoms with Gasteiger partial charge in [-0.05, 0) is 17.7 Å². The van der Waals surface area contributed by atoms with Crippen molar-refractivity contribution in [3.05, 3.63) is 46.5 Å². The fourth-order valence-electron chi connectivity index (χ4n) is 1.85. The minimum absolute atomic E-state index is 0.0130. The molecule has 0 saturated carbocycles. The van der Waals surface area contributed by atoms with Crippen molar-refractivity contribution >= 4 is 11.3 Å². The minimum atomic E-state index is -0.442. The molecule has 0 radical (unpaired) electrons. The molecule has 6 heteroatoms. The molecule has 0 N–H and O–H groups in total. The van der Waals surface area contributed by atoms with Gasteiger partial charge < -0.3 is 4.90 Å². The van der Waals surface area contributed by atoms with E-state index in [4.69, 9.17) is 21.0 Å². The van der Waals surface area contributed by atoms with E-state index in [2.05, 4.69) is 0 Å². The van der Waals surface area contributed by atoms with Crippen LogP contribution in [-0.4, -0.2) is 14.1 Å². The summed E-state index contributed by atoms with van der Waals surface area (Å²) in [5.41, 5.74) is 0.219. The van der Waals surface area contributed by atoms with E-state index >= 15 is 0 Å². The van der Waals surface area contributed by atoms with E-state index in [-0.39, 0.29) is 16.7 Å². The van der Waals surface area contributed by atoms with Gasteiger partial charge >= 0.3 is 0 Å². The van der Waals surface area contributed by atoms with Crippen LogP contribution in [0.1, 0.15) is 5.56 Å². The Bertz CT molecular complexity index is 849. The second-order valence-corrected chi connectivity index (χ2v) is 4.50. The van der Waals surface area contributed by atoms with E-state index in [0.717, 1.165) is 5.69 Å². The van der Waals surface area contributed by atoms with Crippen LogP contribution in [0.3, 0.4) is 0 Å². The predicted molar refractivity (Wildman–Crippen MR) is 82.8 cm³/mol. The largest absolute Gasteiger partial charge is 0.378 e. The summed E-state index contributed by atoms with van der Waals surface area (Å²) in [5, 5.41) is 45.6. The van der Waals surface area contributed by atoms with Crippen LogP contribution >= 0.6 is 0 Å². The molecule has 108 valence electrons. The lowest BCUT2D eigenvalue weighted by molar-refractivity contribution is 1.13. The zero-order chi connectivity index (χ0) is 17.4. The first-order chi connectivity index (χ1) is 11.0. The molecule has 0 amide bonds. The summed E-state index contributed by atoms with van der Waals surface area (Å²) in [6.45, 7) is 0. The second-order valence-electron chi connectivity index (χ2n) is 4.50. The fourth-order valence-corrected chi connectivity index (χ4v) is 1.85. The maximum atomic E-state index is 9.30. The number of allylic oxidation sites excluding steroid dienone is 4. The molecule has 0 fully saturated rings. The van der Waals surface area contributed by atoms with Gasteiger partial charge in [0, 0.05) is 25.4 Å². The van der Waals surface area contributed by atoms with E-state index in [9.17, 15) is 5.26 Å². The van der Waals surface area contributed by atoms with Crippen LogP contribution in [0.2, 0.25) is 0 Å². The number of nitriles is 5. The molecule has 0 aliphatic rings. The molecule has 23 heavy (non-hydrogen) atoms. The van der Waals surface area contributed by atoms with Crippen molar-refractivity contribution in [2.24, 2.45) is 0 Å². The number of rotatable bonds is 3. The normalized spacial score (nSPS) is 8.22. The van der Waals surface area contributed by atoms with Crippen LogP contribution in [0.5, 0.6) is 0 Å². The van der Waals surface area contributed by atoms with Gasteiger partial charge in [-0.25, -0.2) is 0 Å². The molecular formula is C17H10N6. The molecule has 1 aromatic rings. The zero-order valence-electron chi connectivity index (χ0n) is 12.5. The highest BCUT2D eigenvalue weighted by atomic mass is 15.1. The van der Waals surface area contributed by atoms with E-state index in [1.807, 2.05) is 19.0 Å². The highest BCUT2D eigenvalue weighted by Crippen LogP contribution is 2.29. The van der Waals surface area contributed by atoms with E-state index < -0.39 is 5.57 Å². The monoisotopic (exact) mass is 298 g/mol. The first kappa shape index (κ1) is 17.0. The van der Waals surface area contributed by atoms with Gasteiger partial charge in [-0.3, -0.25) is 0 Å². The molecule has 0 aromatic heterocycles. The fraction of sp³-hybridized carbons (Fsp3) is 0.118. The molecule has 0 heterocycles. The molecule has 0 spiro atoms. The molecule has 0 saturated heterocycles. The van der Waals surface area contributed by atoms with E-state index in [1.165, 1.54) is 0 Å². The van der Waals surface area contributed by atoms with Crippen LogP contribution in [0.4, 0.5) is 5.69 Å². The first-order valence-electron chi connectivity index (χ1n) is 6.31. The molecule has 6 nitrogen and oxygen atoms in total. The van der Waals surface area contributed by atoms with Crippen LogP contribution in [0.15, 0.2) is 41.0 Å². The van der Waals surface area contributed by atoms with Gasteiger partial charge in [0.05, 0.1) is 5.57 Å². The Morgan fingerprint density at radius 1 is 0.739 bits per heavy atom. The van der Waals surface area contributed by atoms with Crippen LogP contribution in [0, 0.1) is 56.7 Å². The van der Waals surface area contributed by atoms with Gasteiger partial charge in [-0.15, -0.1) is 0 Å². The Kier molecular flexibility index (Phi) is 5.66. The van der Waals surface area contributed by atoms with Crippen molar-refractivity contribution in [2.75, 3.05) is 19.0 Å². The second kappa shape index (κ2) is 7.66. The van der Waals surface area contributed by atoms with Gasteiger partial charge in [-0.1, -0.05) is 12.1 Å². The van der Waals surface area contributed by atoms with Crippen molar-refractivity contribution in [3.8, 4) is 30.3 Å². The quantitative estimate of drug-likeness (QED) is 0.623. The Hall–Kier alpha value is -4.05. The predicted octanol–water partition coefficient (Wildman–Crippen LogP) is 2.42. The Morgan fingerprint density at radius 3 is 1.57 bits per heavy atom. The summed E-state index contributed by atoms with van der Waals surface area (Å²) in [6, 6.07) is 15.2. The highest BCUT2D eigenvalue weighted by molar-refractivity contribution is 5.91. The van der Waals surface area contributed by atoms with E-state index in [0.29, 0.717) is 5.56 Å². The average Bonchev–Trinajstić information content (AvgIpc) is 2.58. The average molecular weight is 298 g/mol. The Labute approximate surface area is 134 Å². The first-order valence-corrected chi connectivity index (χ1v) is 6.31. The van der Waals surface area contributed by atoms with Crippen LogP contribution < -0.4 is 4.90 Å². The van der Waals surface area contributed by atoms with Crippen LogP contribution in [-0.2, 0) is 0 Å². The molecule has 1 aromatic carbocycles.